The van der Waals surface area contributed by atoms with Crippen LogP contribution < -0.4 is 0 Å². The first-order chi connectivity index (χ1) is 9.20. The third-order valence-corrected chi connectivity index (χ3v) is 4.45. The molecule has 0 aliphatic heterocycles. The van der Waals surface area contributed by atoms with Gasteiger partial charge in [0.25, 0.3) is 0 Å². The second-order valence-corrected chi connectivity index (χ2v) is 6.13. The van der Waals surface area contributed by atoms with Crippen molar-refractivity contribution in [3.8, 4) is 0 Å². The number of hydrogen-bond donors (Lipinski definition) is 0. The summed E-state index contributed by atoms with van der Waals surface area (Å²) in [4.78, 5) is 1.33. The molecule has 0 unspecified atom stereocenters. The van der Waals surface area contributed by atoms with E-state index in [9.17, 15) is 0 Å². The van der Waals surface area contributed by atoms with Crippen molar-refractivity contribution in [3.63, 3.8) is 0 Å². The minimum Gasteiger partial charge on any atom is -0.130 e. The number of benzene rings is 3. The zero-order valence-corrected chi connectivity index (χ0v) is 12.4. The molecule has 0 atom stereocenters. The van der Waals surface area contributed by atoms with Crippen LogP contribution in [0.4, 0.5) is 0 Å². The fourth-order valence-corrected chi connectivity index (χ4v) is 3.15. The first-order valence-corrected chi connectivity index (χ1v) is 7.92. The van der Waals surface area contributed by atoms with Gasteiger partial charge in [0.1, 0.15) is 0 Å². The van der Waals surface area contributed by atoms with Gasteiger partial charge in [0.05, 0.1) is 0 Å². The van der Waals surface area contributed by atoms with E-state index in [1.165, 1.54) is 32.0 Å². The van der Waals surface area contributed by atoms with Crippen molar-refractivity contribution in [2.75, 3.05) is 6.26 Å². The van der Waals surface area contributed by atoms with Crippen molar-refractivity contribution in [1.29, 1.82) is 0 Å². The van der Waals surface area contributed by atoms with Crippen molar-refractivity contribution >= 4 is 33.3 Å². The summed E-state index contributed by atoms with van der Waals surface area (Å²) in [5, 5.41) is 5.48. The molecule has 3 aromatic carbocycles. The fourth-order valence-electron chi connectivity index (χ4n) is 2.71. The molecule has 3 rings (SSSR count). The number of thioether (sulfide) groups is 1. The largest absolute Gasteiger partial charge is 0.130 e. The SMILES string of the molecule is CSc1ccc2cc(C(C)C)c3ccccc3c2c1. The van der Waals surface area contributed by atoms with Gasteiger partial charge in [0, 0.05) is 4.90 Å². The lowest BCUT2D eigenvalue weighted by Gasteiger charge is -2.13. The van der Waals surface area contributed by atoms with Crippen LogP contribution in [-0.2, 0) is 0 Å². The van der Waals surface area contributed by atoms with Gasteiger partial charge < -0.3 is 0 Å². The molecule has 1 heteroatoms. The molecule has 0 amide bonds. The van der Waals surface area contributed by atoms with Gasteiger partial charge in [-0.3, -0.25) is 0 Å². The summed E-state index contributed by atoms with van der Waals surface area (Å²) in [6, 6.07) is 17.9. The molecule has 0 aliphatic carbocycles. The highest BCUT2D eigenvalue weighted by atomic mass is 32.2. The van der Waals surface area contributed by atoms with Crippen molar-refractivity contribution in [1.82, 2.24) is 0 Å². The monoisotopic (exact) mass is 266 g/mol. The highest BCUT2D eigenvalue weighted by molar-refractivity contribution is 7.98. The van der Waals surface area contributed by atoms with Gasteiger partial charge in [-0.1, -0.05) is 50.2 Å². The maximum atomic E-state index is 2.35. The molecule has 19 heavy (non-hydrogen) atoms. The first kappa shape index (κ1) is 12.6. The summed E-state index contributed by atoms with van der Waals surface area (Å²) in [6.07, 6.45) is 2.13. The zero-order chi connectivity index (χ0) is 13.4. The highest BCUT2D eigenvalue weighted by Gasteiger charge is 2.09. The maximum absolute atomic E-state index is 2.35. The summed E-state index contributed by atoms with van der Waals surface area (Å²) in [7, 11) is 0. The molecule has 0 aromatic heterocycles. The van der Waals surface area contributed by atoms with Crippen molar-refractivity contribution in [2.24, 2.45) is 0 Å². The minimum absolute atomic E-state index is 0.550. The molecule has 0 saturated carbocycles. The molecular weight excluding hydrogens is 248 g/mol. The summed E-state index contributed by atoms with van der Waals surface area (Å²) in [5.74, 6) is 0.550. The molecule has 0 radical (unpaired) electrons. The van der Waals surface area contributed by atoms with Crippen LogP contribution in [0.3, 0.4) is 0 Å². The normalized spacial score (nSPS) is 11.6. The van der Waals surface area contributed by atoms with Crippen LogP contribution in [-0.4, -0.2) is 6.26 Å². The number of fused-ring (bicyclic) bond motifs is 3. The van der Waals surface area contributed by atoms with Gasteiger partial charge in [0.15, 0.2) is 0 Å². The lowest BCUT2D eigenvalue weighted by atomic mass is 9.92. The van der Waals surface area contributed by atoms with Gasteiger partial charge in [-0.05, 0) is 51.4 Å². The van der Waals surface area contributed by atoms with E-state index in [-0.39, 0.29) is 0 Å². The molecule has 0 saturated heterocycles. The fraction of sp³-hybridized carbons (Fsp3) is 0.222. The second kappa shape index (κ2) is 4.90. The zero-order valence-electron chi connectivity index (χ0n) is 11.6. The van der Waals surface area contributed by atoms with Gasteiger partial charge in [0.2, 0.25) is 0 Å². The maximum Gasteiger partial charge on any atom is 0.00757 e. The van der Waals surface area contributed by atoms with E-state index in [0.717, 1.165) is 0 Å². The molecule has 0 bridgehead atoms. The molecule has 96 valence electrons. The first-order valence-electron chi connectivity index (χ1n) is 6.70. The predicted octanol–water partition coefficient (Wildman–Crippen LogP) is 5.84. The third kappa shape index (κ3) is 2.12. The summed E-state index contributed by atoms with van der Waals surface area (Å²) < 4.78 is 0. The van der Waals surface area contributed by atoms with E-state index < -0.39 is 0 Å². The van der Waals surface area contributed by atoms with Gasteiger partial charge in [-0.15, -0.1) is 11.8 Å². The molecule has 0 nitrogen and oxygen atoms in total. The van der Waals surface area contributed by atoms with E-state index in [1.54, 1.807) is 11.8 Å². The Labute approximate surface area is 118 Å². The molecule has 0 fully saturated rings. The summed E-state index contributed by atoms with van der Waals surface area (Å²) >= 11 is 1.80. The Morgan fingerprint density at radius 3 is 2.26 bits per heavy atom. The Hall–Kier alpha value is -1.47. The van der Waals surface area contributed by atoms with Crippen LogP contribution in [0.15, 0.2) is 53.4 Å². The van der Waals surface area contributed by atoms with Gasteiger partial charge >= 0.3 is 0 Å². The quantitative estimate of drug-likeness (QED) is 0.415. The average molecular weight is 266 g/mol. The van der Waals surface area contributed by atoms with Crippen LogP contribution in [0, 0.1) is 0 Å². The minimum atomic E-state index is 0.550. The van der Waals surface area contributed by atoms with E-state index in [1.807, 2.05) is 0 Å². The Morgan fingerprint density at radius 1 is 0.842 bits per heavy atom. The van der Waals surface area contributed by atoms with Crippen LogP contribution in [0.25, 0.3) is 21.5 Å². The van der Waals surface area contributed by atoms with E-state index in [0.29, 0.717) is 5.92 Å². The molecule has 3 aromatic rings. The lowest BCUT2D eigenvalue weighted by Crippen LogP contribution is -1.91. The Kier molecular flexibility index (Phi) is 3.24. The Bertz CT molecular complexity index is 741. The third-order valence-electron chi connectivity index (χ3n) is 3.72. The average Bonchev–Trinajstić information content (AvgIpc) is 2.45. The van der Waals surface area contributed by atoms with Crippen LogP contribution >= 0.6 is 11.8 Å². The van der Waals surface area contributed by atoms with Gasteiger partial charge in [-0.2, -0.15) is 0 Å². The molecule has 0 spiro atoms. The standard InChI is InChI=1S/C18H18S/c1-12(2)17-10-13-8-9-14(19-3)11-18(13)16-7-5-4-6-15(16)17/h4-12H,1-3H3. The highest BCUT2D eigenvalue weighted by Crippen LogP contribution is 2.34. The smallest absolute Gasteiger partial charge is 0.00757 e. The second-order valence-electron chi connectivity index (χ2n) is 5.25. The summed E-state index contributed by atoms with van der Waals surface area (Å²) in [6.45, 7) is 4.54. The van der Waals surface area contributed by atoms with Crippen LogP contribution in [0.2, 0.25) is 0 Å². The Balaban J connectivity index is 2.47. The Morgan fingerprint density at radius 2 is 1.58 bits per heavy atom. The van der Waals surface area contributed by atoms with Crippen LogP contribution in [0.5, 0.6) is 0 Å². The summed E-state index contributed by atoms with van der Waals surface area (Å²) in [5.41, 5.74) is 1.44. The number of hydrogen-bond acceptors (Lipinski definition) is 1. The molecular formula is C18H18S. The molecule has 0 heterocycles. The predicted molar refractivity (Wildman–Crippen MR) is 87.3 cm³/mol. The van der Waals surface area contributed by atoms with E-state index >= 15 is 0 Å². The topological polar surface area (TPSA) is 0 Å². The number of rotatable bonds is 2. The van der Waals surface area contributed by atoms with E-state index in [2.05, 4.69) is 68.6 Å². The van der Waals surface area contributed by atoms with E-state index in [4.69, 9.17) is 0 Å². The molecule has 0 aliphatic rings. The van der Waals surface area contributed by atoms with Crippen molar-refractivity contribution in [3.05, 3.63) is 54.1 Å². The molecule has 0 N–H and O–H groups in total. The van der Waals surface area contributed by atoms with Crippen molar-refractivity contribution in [2.45, 2.75) is 24.7 Å². The van der Waals surface area contributed by atoms with Gasteiger partial charge in [-0.25, -0.2) is 0 Å². The van der Waals surface area contributed by atoms with Crippen LogP contribution in [0.1, 0.15) is 25.3 Å². The lowest BCUT2D eigenvalue weighted by molar-refractivity contribution is 0.878. The van der Waals surface area contributed by atoms with Crippen molar-refractivity contribution < 1.29 is 0 Å².